The van der Waals surface area contributed by atoms with E-state index in [4.69, 9.17) is 9.47 Å². The van der Waals surface area contributed by atoms with E-state index in [9.17, 15) is 4.79 Å². The number of aromatic nitrogens is 2. The van der Waals surface area contributed by atoms with Crippen LogP contribution in [0, 0.1) is 0 Å². The minimum Gasteiger partial charge on any atom is -0.497 e. The largest absolute Gasteiger partial charge is 0.497 e. The molecular weight excluding hydrogens is 344 g/mol. The summed E-state index contributed by atoms with van der Waals surface area (Å²) in [6.07, 6.45) is 5.21. The Labute approximate surface area is 159 Å². The van der Waals surface area contributed by atoms with Gasteiger partial charge in [0.05, 0.1) is 13.7 Å². The number of rotatable bonds is 6. The summed E-state index contributed by atoms with van der Waals surface area (Å²) in [6.45, 7) is 1.85. The Hall–Kier alpha value is -2.67. The molecule has 1 amide bonds. The van der Waals surface area contributed by atoms with Gasteiger partial charge in [0.25, 0.3) is 0 Å². The van der Waals surface area contributed by atoms with Gasteiger partial charge in [0.15, 0.2) is 0 Å². The van der Waals surface area contributed by atoms with Crippen molar-refractivity contribution in [2.24, 2.45) is 0 Å². The van der Waals surface area contributed by atoms with E-state index >= 15 is 0 Å². The van der Waals surface area contributed by atoms with Crippen molar-refractivity contribution in [1.29, 1.82) is 0 Å². The van der Waals surface area contributed by atoms with Crippen molar-refractivity contribution in [3.8, 4) is 17.4 Å². The van der Waals surface area contributed by atoms with Crippen LogP contribution in [-0.2, 0) is 4.79 Å². The molecule has 2 heterocycles. The van der Waals surface area contributed by atoms with Gasteiger partial charge in [-0.25, -0.2) is 4.98 Å². The van der Waals surface area contributed by atoms with E-state index < -0.39 is 0 Å². The van der Waals surface area contributed by atoms with Crippen molar-refractivity contribution in [3.63, 3.8) is 0 Å². The topological polar surface area (TPSA) is 67.8 Å². The van der Waals surface area contributed by atoms with Crippen LogP contribution in [0.4, 0.5) is 0 Å². The minimum absolute atomic E-state index is 0.117. The molecule has 0 bridgehead atoms. The molecule has 1 saturated heterocycles. The van der Waals surface area contributed by atoms with E-state index in [-0.39, 0.29) is 11.8 Å². The summed E-state index contributed by atoms with van der Waals surface area (Å²) in [6, 6.07) is 7.36. The van der Waals surface area contributed by atoms with E-state index in [1.54, 1.807) is 19.5 Å². The number of likely N-dealkylation sites (tertiary alicyclic amines) is 1. The Bertz CT molecular complexity index is 764. The average molecular weight is 370 g/mol. The molecule has 27 heavy (non-hydrogen) atoms. The molecule has 0 radical (unpaired) electrons. The number of benzene rings is 1. The first-order valence-corrected chi connectivity index (χ1v) is 9.12. The third-order valence-electron chi connectivity index (χ3n) is 4.58. The predicted octanol–water partition coefficient (Wildman–Crippen LogP) is 2.55. The average Bonchev–Trinajstić information content (AvgIpc) is 2.68. The third kappa shape index (κ3) is 4.95. The summed E-state index contributed by atoms with van der Waals surface area (Å²) in [5.41, 5.74) is 0.802. The second-order valence-electron chi connectivity index (χ2n) is 6.94. The van der Waals surface area contributed by atoms with Crippen LogP contribution in [0.3, 0.4) is 0 Å². The van der Waals surface area contributed by atoms with E-state index in [0.717, 1.165) is 30.8 Å². The first kappa shape index (κ1) is 19.1. The van der Waals surface area contributed by atoms with Gasteiger partial charge in [-0.1, -0.05) is 0 Å². The zero-order chi connectivity index (χ0) is 19.2. The number of hydrogen-bond acceptors (Lipinski definition) is 6. The van der Waals surface area contributed by atoms with Gasteiger partial charge < -0.3 is 19.3 Å². The van der Waals surface area contributed by atoms with Crippen molar-refractivity contribution < 1.29 is 14.3 Å². The van der Waals surface area contributed by atoms with Crippen LogP contribution in [0.1, 0.15) is 24.5 Å². The Morgan fingerprint density at radius 2 is 1.89 bits per heavy atom. The molecule has 0 aliphatic carbocycles. The highest BCUT2D eigenvalue weighted by atomic mass is 16.5. The lowest BCUT2D eigenvalue weighted by Crippen LogP contribution is -2.43. The molecule has 0 saturated carbocycles. The number of carbonyl (C=O) groups excluding carboxylic acids is 1. The normalized spacial score (nSPS) is 17.0. The van der Waals surface area contributed by atoms with E-state index in [1.165, 1.54) is 0 Å². The van der Waals surface area contributed by atoms with Gasteiger partial charge in [0.2, 0.25) is 11.8 Å². The number of carbonyl (C=O) groups is 1. The van der Waals surface area contributed by atoms with Crippen molar-refractivity contribution >= 4 is 5.91 Å². The summed E-state index contributed by atoms with van der Waals surface area (Å²) in [7, 11) is 5.44. The summed E-state index contributed by atoms with van der Waals surface area (Å²) in [4.78, 5) is 25.1. The number of nitrogens with zero attached hydrogens (tertiary/aromatic N) is 4. The second kappa shape index (κ2) is 8.81. The molecule has 1 aromatic carbocycles. The summed E-state index contributed by atoms with van der Waals surface area (Å²) < 4.78 is 11.2. The van der Waals surface area contributed by atoms with Gasteiger partial charge in [-0.3, -0.25) is 9.78 Å². The van der Waals surface area contributed by atoms with Crippen LogP contribution < -0.4 is 9.47 Å². The molecule has 1 aromatic heterocycles. The van der Waals surface area contributed by atoms with Crippen molar-refractivity contribution in [3.05, 3.63) is 42.4 Å². The van der Waals surface area contributed by atoms with Crippen molar-refractivity contribution in [2.45, 2.75) is 18.8 Å². The maximum atomic E-state index is 12.4. The third-order valence-corrected chi connectivity index (χ3v) is 4.58. The van der Waals surface area contributed by atoms with E-state index in [2.05, 4.69) is 9.97 Å². The molecular formula is C20H26N4O3. The molecule has 144 valence electrons. The van der Waals surface area contributed by atoms with Gasteiger partial charge in [-0.05, 0) is 51.2 Å². The van der Waals surface area contributed by atoms with Crippen molar-refractivity contribution in [1.82, 2.24) is 19.8 Å². The van der Waals surface area contributed by atoms with Crippen LogP contribution >= 0.6 is 0 Å². The van der Waals surface area contributed by atoms with Gasteiger partial charge in [-0.15, -0.1) is 0 Å². The maximum Gasteiger partial charge on any atom is 0.241 e. The number of hydrogen-bond donors (Lipinski definition) is 0. The number of likely N-dealkylation sites (N-methyl/N-ethyl adjacent to an activating group) is 1. The summed E-state index contributed by atoms with van der Waals surface area (Å²) in [5.74, 6) is 2.20. The number of methoxy groups -OCH3 is 1. The standard InChI is InChI=1S/C20H26N4O3/c1-23(2)14-18(25)24-12-4-5-15(13-24)19-20(22-11-10-21-19)27-17-8-6-16(26-3)7-9-17/h6-11,15H,4-5,12-14H2,1-3H3. The Balaban J connectivity index is 1.75. The molecule has 1 aliphatic heterocycles. The lowest BCUT2D eigenvalue weighted by Gasteiger charge is -2.33. The Morgan fingerprint density at radius 1 is 1.19 bits per heavy atom. The molecule has 1 atom stereocenters. The number of piperidine rings is 1. The Kier molecular flexibility index (Phi) is 6.24. The first-order chi connectivity index (χ1) is 13.1. The molecule has 1 aliphatic rings. The van der Waals surface area contributed by atoms with Gasteiger partial charge in [-0.2, -0.15) is 0 Å². The highest BCUT2D eigenvalue weighted by Gasteiger charge is 2.28. The van der Waals surface area contributed by atoms with Crippen LogP contribution in [0.5, 0.6) is 17.4 Å². The van der Waals surface area contributed by atoms with E-state index in [0.29, 0.717) is 24.7 Å². The molecule has 7 nitrogen and oxygen atoms in total. The molecule has 1 fully saturated rings. The van der Waals surface area contributed by atoms with Gasteiger partial charge in [0.1, 0.15) is 17.2 Å². The van der Waals surface area contributed by atoms with Crippen LogP contribution in [0.25, 0.3) is 0 Å². The predicted molar refractivity (Wildman–Crippen MR) is 102 cm³/mol. The second-order valence-corrected chi connectivity index (χ2v) is 6.94. The molecule has 3 rings (SSSR count). The quantitative estimate of drug-likeness (QED) is 0.778. The van der Waals surface area contributed by atoms with Crippen LogP contribution in [0.2, 0.25) is 0 Å². The lowest BCUT2D eigenvalue weighted by atomic mass is 9.94. The number of ether oxygens (including phenoxy) is 2. The zero-order valence-electron chi connectivity index (χ0n) is 16.1. The summed E-state index contributed by atoms with van der Waals surface area (Å²) in [5, 5.41) is 0. The maximum absolute atomic E-state index is 12.4. The monoisotopic (exact) mass is 370 g/mol. The Morgan fingerprint density at radius 3 is 2.59 bits per heavy atom. The van der Waals surface area contributed by atoms with Gasteiger partial charge >= 0.3 is 0 Å². The lowest BCUT2D eigenvalue weighted by molar-refractivity contribution is -0.133. The van der Waals surface area contributed by atoms with Crippen molar-refractivity contribution in [2.75, 3.05) is 40.8 Å². The van der Waals surface area contributed by atoms with Crippen LogP contribution in [0.15, 0.2) is 36.7 Å². The number of amides is 1. The van der Waals surface area contributed by atoms with E-state index in [1.807, 2.05) is 48.2 Å². The SMILES string of the molecule is COc1ccc(Oc2nccnc2C2CCCN(C(=O)CN(C)C)C2)cc1. The molecule has 0 spiro atoms. The summed E-state index contributed by atoms with van der Waals surface area (Å²) >= 11 is 0. The molecule has 1 unspecified atom stereocenters. The molecule has 0 N–H and O–H groups in total. The fourth-order valence-corrected chi connectivity index (χ4v) is 3.25. The zero-order valence-corrected chi connectivity index (χ0v) is 16.1. The minimum atomic E-state index is 0.117. The molecule has 7 heteroatoms. The highest BCUT2D eigenvalue weighted by molar-refractivity contribution is 5.78. The van der Waals surface area contributed by atoms with Gasteiger partial charge in [0, 0.05) is 31.4 Å². The first-order valence-electron chi connectivity index (χ1n) is 9.12. The molecule has 2 aromatic rings. The fourth-order valence-electron chi connectivity index (χ4n) is 3.25. The smallest absolute Gasteiger partial charge is 0.241 e. The highest BCUT2D eigenvalue weighted by Crippen LogP contribution is 2.33. The van der Waals surface area contributed by atoms with Crippen LogP contribution in [-0.4, -0.2) is 66.5 Å². The fraction of sp³-hybridized carbons (Fsp3) is 0.450.